The van der Waals surface area contributed by atoms with Gasteiger partial charge in [0.1, 0.15) is 5.41 Å². The van der Waals surface area contributed by atoms with E-state index in [0.717, 1.165) is 11.3 Å². The molecule has 0 saturated heterocycles. The molecule has 1 aromatic carbocycles. The molecular formula is C11H12N2O. The van der Waals surface area contributed by atoms with Crippen molar-refractivity contribution in [3.8, 4) is 0 Å². The number of fused-ring (bicyclic) bond motifs is 1. The maximum atomic E-state index is 11.9. The summed E-state index contributed by atoms with van der Waals surface area (Å²) in [5, 5.41) is 7.38. The molecule has 1 amide bonds. The van der Waals surface area contributed by atoms with Gasteiger partial charge < -0.3 is 10.3 Å². The van der Waals surface area contributed by atoms with Crippen molar-refractivity contribution >= 4 is 17.8 Å². The lowest BCUT2D eigenvalue weighted by Crippen LogP contribution is -2.37. The number of para-hydroxylation sites is 1. The summed E-state index contributed by atoms with van der Waals surface area (Å²) >= 11 is 0. The molecule has 14 heavy (non-hydrogen) atoms. The van der Waals surface area contributed by atoms with Crippen LogP contribution in [0.5, 0.6) is 0 Å². The number of rotatable bonds is 1. The van der Waals surface area contributed by atoms with Crippen LogP contribution in [-0.2, 0) is 10.2 Å². The zero-order valence-electron chi connectivity index (χ0n) is 8.24. The summed E-state index contributed by atoms with van der Waals surface area (Å²) < 4.78 is 0. The van der Waals surface area contributed by atoms with E-state index >= 15 is 0 Å². The average molecular weight is 188 g/mol. The first-order chi connectivity index (χ1) is 6.61. The molecule has 1 aliphatic rings. The van der Waals surface area contributed by atoms with Crippen LogP contribution in [0.4, 0.5) is 5.69 Å². The molecule has 0 radical (unpaired) electrons. The van der Waals surface area contributed by atoms with Crippen molar-refractivity contribution in [1.82, 2.24) is 0 Å². The molecule has 0 bridgehead atoms. The Morgan fingerprint density at radius 3 is 2.71 bits per heavy atom. The van der Waals surface area contributed by atoms with E-state index in [1.165, 1.54) is 6.21 Å². The zero-order chi connectivity index (χ0) is 10.3. The van der Waals surface area contributed by atoms with Gasteiger partial charge in [-0.2, -0.15) is 0 Å². The van der Waals surface area contributed by atoms with Gasteiger partial charge in [0.2, 0.25) is 5.91 Å². The minimum atomic E-state index is -0.772. The van der Waals surface area contributed by atoms with Gasteiger partial charge in [-0.15, -0.1) is 0 Å². The normalized spacial score (nSPS) is 25.0. The molecule has 72 valence electrons. The van der Waals surface area contributed by atoms with Gasteiger partial charge in [-0.05, 0) is 18.6 Å². The fourth-order valence-electron chi connectivity index (χ4n) is 1.92. The first kappa shape index (κ1) is 8.94. The number of hydrogen-bond donors (Lipinski definition) is 1. The van der Waals surface area contributed by atoms with Crippen molar-refractivity contribution in [2.45, 2.75) is 12.3 Å². The number of likely N-dealkylation sites (N-methyl/N-ethyl adjacent to an activating group) is 1. The smallest absolute Gasteiger partial charge is 0.242 e. The Morgan fingerprint density at radius 1 is 1.43 bits per heavy atom. The molecular weight excluding hydrogens is 176 g/mol. The van der Waals surface area contributed by atoms with Gasteiger partial charge in [0.05, 0.1) is 0 Å². The van der Waals surface area contributed by atoms with Gasteiger partial charge in [0, 0.05) is 18.9 Å². The van der Waals surface area contributed by atoms with E-state index in [4.69, 9.17) is 5.41 Å². The maximum Gasteiger partial charge on any atom is 0.242 e. The highest BCUT2D eigenvalue weighted by molar-refractivity contribution is 6.16. The van der Waals surface area contributed by atoms with Crippen molar-refractivity contribution in [2.75, 3.05) is 11.9 Å². The molecule has 0 unspecified atom stereocenters. The first-order valence-electron chi connectivity index (χ1n) is 4.50. The molecule has 3 heteroatoms. The molecule has 1 N–H and O–H groups in total. The minimum Gasteiger partial charge on any atom is -0.314 e. The maximum absolute atomic E-state index is 11.9. The number of nitrogens with zero attached hydrogens (tertiary/aromatic N) is 1. The van der Waals surface area contributed by atoms with Crippen molar-refractivity contribution in [1.29, 1.82) is 5.41 Å². The number of carbonyl (C=O) groups excluding carboxylic acids is 1. The Hall–Kier alpha value is -1.64. The van der Waals surface area contributed by atoms with Crippen LogP contribution in [0.25, 0.3) is 0 Å². The van der Waals surface area contributed by atoms with Crippen LogP contribution < -0.4 is 4.90 Å². The summed E-state index contributed by atoms with van der Waals surface area (Å²) in [6.45, 7) is 1.78. The summed E-state index contributed by atoms with van der Waals surface area (Å²) in [5.41, 5.74) is 1.05. The standard InChI is InChI=1S/C11H12N2O/c1-11(7-12)8-5-3-4-6-9(8)13(2)10(11)14/h3-7,12H,1-2H3/t11-/m1/s1. The lowest BCUT2D eigenvalue weighted by molar-refractivity contribution is -0.120. The largest absolute Gasteiger partial charge is 0.314 e. The van der Waals surface area contributed by atoms with Crippen molar-refractivity contribution < 1.29 is 4.79 Å². The van der Waals surface area contributed by atoms with E-state index < -0.39 is 5.41 Å². The predicted molar refractivity (Wildman–Crippen MR) is 56.0 cm³/mol. The van der Waals surface area contributed by atoms with Crippen LogP contribution >= 0.6 is 0 Å². The summed E-state index contributed by atoms with van der Waals surface area (Å²) in [7, 11) is 1.75. The van der Waals surface area contributed by atoms with Crippen LogP contribution in [0.15, 0.2) is 24.3 Å². The lowest BCUT2D eigenvalue weighted by atomic mass is 9.85. The third kappa shape index (κ3) is 0.867. The second kappa shape index (κ2) is 2.67. The van der Waals surface area contributed by atoms with Gasteiger partial charge in [0.15, 0.2) is 0 Å². The van der Waals surface area contributed by atoms with E-state index in [2.05, 4.69) is 0 Å². The molecule has 3 nitrogen and oxygen atoms in total. The first-order valence-corrected chi connectivity index (χ1v) is 4.50. The molecule has 2 rings (SSSR count). The number of hydrogen-bond acceptors (Lipinski definition) is 2. The average Bonchev–Trinajstić information content (AvgIpc) is 2.43. The van der Waals surface area contributed by atoms with Gasteiger partial charge in [0.25, 0.3) is 0 Å². The molecule has 0 aromatic heterocycles. The predicted octanol–water partition coefficient (Wildman–Crippen LogP) is 1.57. The second-order valence-corrected chi connectivity index (χ2v) is 3.73. The van der Waals surface area contributed by atoms with Crippen molar-refractivity contribution in [3.05, 3.63) is 29.8 Å². The Labute approximate surface area is 82.9 Å². The Morgan fingerprint density at radius 2 is 2.07 bits per heavy atom. The molecule has 1 aromatic rings. The Bertz CT molecular complexity index is 414. The molecule has 0 fully saturated rings. The highest BCUT2D eigenvalue weighted by atomic mass is 16.2. The van der Waals surface area contributed by atoms with E-state index in [9.17, 15) is 4.79 Å². The molecule has 1 aliphatic heterocycles. The number of anilines is 1. The third-order valence-corrected chi connectivity index (χ3v) is 2.86. The second-order valence-electron chi connectivity index (χ2n) is 3.73. The minimum absolute atomic E-state index is 0.0336. The molecule has 1 atom stereocenters. The molecule has 0 spiro atoms. The van der Waals surface area contributed by atoms with Crippen molar-refractivity contribution in [2.24, 2.45) is 0 Å². The van der Waals surface area contributed by atoms with E-state index in [1.54, 1.807) is 18.9 Å². The third-order valence-electron chi connectivity index (χ3n) is 2.86. The van der Waals surface area contributed by atoms with E-state index in [1.807, 2.05) is 24.3 Å². The van der Waals surface area contributed by atoms with Crippen LogP contribution in [0, 0.1) is 5.41 Å². The molecule has 0 aliphatic carbocycles. The van der Waals surface area contributed by atoms with Crippen LogP contribution in [0.1, 0.15) is 12.5 Å². The summed E-state index contributed by atoms with van der Waals surface area (Å²) in [6.07, 6.45) is 1.22. The van der Waals surface area contributed by atoms with E-state index in [0.29, 0.717) is 0 Å². The topological polar surface area (TPSA) is 44.2 Å². The summed E-state index contributed by atoms with van der Waals surface area (Å²) in [6, 6.07) is 7.61. The van der Waals surface area contributed by atoms with Gasteiger partial charge in [-0.25, -0.2) is 0 Å². The fourth-order valence-corrected chi connectivity index (χ4v) is 1.92. The van der Waals surface area contributed by atoms with E-state index in [-0.39, 0.29) is 5.91 Å². The number of nitrogens with one attached hydrogen (secondary N) is 1. The molecule has 0 saturated carbocycles. The van der Waals surface area contributed by atoms with Crippen LogP contribution in [-0.4, -0.2) is 19.2 Å². The summed E-state index contributed by atoms with van der Waals surface area (Å²) in [5.74, 6) is -0.0336. The zero-order valence-corrected chi connectivity index (χ0v) is 8.24. The number of amides is 1. The Balaban J connectivity index is 2.70. The molecule has 1 heterocycles. The van der Waals surface area contributed by atoms with Crippen LogP contribution in [0.3, 0.4) is 0 Å². The highest BCUT2D eigenvalue weighted by Gasteiger charge is 2.44. The Kier molecular flexibility index (Phi) is 1.71. The lowest BCUT2D eigenvalue weighted by Gasteiger charge is -2.16. The van der Waals surface area contributed by atoms with Gasteiger partial charge in [-0.1, -0.05) is 18.2 Å². The number of benzene rings is 1. The van der Waals surface area contributed by atoms with Crippen molar-refractivity contribution in [3.63, 3.8) is 0 Å². The number of carbonyl (C=O) groups is 1. The summed E-state index contributed by atoms with van der Waals surface area (Å²) in [4.78, 5) is 13.5. The quantitative estimate of drug-likeness (QED) is 0.668. The van der Waals surface area contributed by atoms with Gasteiger partial charge >= 0.3 is 0 Å². The highest BCUT2D eigenvalue weighted by Crippen LogP contribution is 2.39. The fraction of sp³-hybridized carbons (Fsp3) is 0.273. The van der Waals surface area contributed by atoms with Crippen LogP contribution in [0.2, 0.25) is 0 Å². The monoisotopic (exact) mass is 188 g/mol. The SMILES string of the molecule is CN1C(=O)[C@](C)(C=N)c2ccccc21. The van der Waals surface area contributed by atoms with Gasteiger partial charge in [-0.3, -0.25) is 4.79 Å².